The third-order valence-electron chi connectivity index (χ3n) is 3.49. The molecule has 0 aliphatic heterocycles. The maximum atomic E-state index is 12.6. The van der Waals surface area contributed by atoms with Gasteiger partial charge in [-0.25, -0.2) is 8.42 Å². The first-order valence-electron chi connectivity index (χ1n) is 7.53. The standard InChI is InChI=1S/C16H19N3O4S2/c1-2-19(11-15(20)18-10-13-4-3-9-24-13)25(22,23)14-7-5-12(6-8-14)16(17)21/h3-9H,2,10-11H2,1H3,(H2,17,21)(H,18,20). The zero-order valence-electron chi connectivity index (χ0n) is 13.6. The van der Waals surface area contributed by atoms with Crippen molar-refractivity contribution in [1.82, 2.24) is 9.62 Å². The number of primary amides is 1. The monoisotopic (exact) mass is 381 g/mol. The molecule has 2 amide bonds. The Morgan fingerprint density at radius 3 is 2.40 bits per heavy atom. The van der Waals surface area contributed by atoms with Gasteiger partial charge in [0.15, 0.2) is 0 Å². The van der Waals surface area contributed by atoms with E-state index in [1.54, 1.807) is 6.92 Å². The molecular weight excluding hydrogens is 362 g/mol. The molecule has 0 spiro atoms. The molecule has 0 radical (unpaired) electrons. The number of nitrogens with two attached hydrogens (primary N) is 1. The molecule has 0 aliphatic rings. The van der Waals surface area contributed by atoms with Crippen LogP contribution in [0.15, 0.2) is 46.7 Å². The molecule has 9 heteroatoms. The zero-order valence-corrected chi connectivity index (χ0v) is 15.3. The lowest BCUT2D eigenvalue weighted by atomic mass is 10.2. The number of carbonyl (C=O) groups excluding carboxylic acids is 2. The second-order valence-corrected chi connectivity index (χ2v) is 8.15. The van der Waals surface area contributed by atoms with Crippen LogP contribution in [0.4, 0.5) is 0 Å². The predicted molar refractivity (Wildman–Crippen MR) is 95.6 cm³/mol. The van der Waals surface area contributed by atoms with Crippen LogP contribution in [0.25, 0.3) is 0 Å². The fraction of sp³-hybridized carbons (Fsp3) is 0.250. The molecule has 0 fully saturated rings. The molecule has 0 aliphatic carbocycles. The Hall–Kier alpha value is -2.23. The summed E-state index contributed by atoms with van der Waals surface area (Å²) < 4.78 is 26.4. The van der Waals surface area contributed by atoms with Crippen molar-refractivity contribution in [3.8, 4) is 0 Å². The topological polar surface area (TPSA) is 110 Å². The molecule has 2 rings (SSSR count). The van der Waals surface area contributed by atoms with Crippen molar-refractivity contribution >= 4 is 33.2 Å². The van der Waals surface area contributed by atoms with Crippen molar-refractivity contribution in [2.45, 2.75) is 18.4 Å². The molecule has 1 aromatic carbocycles. The number of carbonyl (C=O) groups is 2. The first-order chi connectivity index (χ1) is 11.8. The first kappa shape index (κ1) is 19.1. The van der Waals surface area contributed by atoms with Gasteiger partial charge in [0.05, 0.1) is 18.0 Å². The second-order valence-electron chi connectivity index (χ2n) is 5.18. The molecule has 1 aromatic heterocycles. The number of thiophene rings is 1. The molecular formula is C16H19N3O4S2. The summed E-state index contributed by atoms with van der Waals surface area (Å²) in [5, 5.41) is 4.60. The zero-order chi connectivity index (χ0) is 18.4. The largest absolute Gasteiger partial charge is 0.366 e. The molecule has 0 atom stereocenters. The van der Waals surface area contributed by atoms with Gasteiger partial charge in [0, 0.05) is 17.0 Å². The van der Waals surface area contributed by atoms with Crippen LogP contribution in [0.1, 0.15) is 22.2 Å². The van der Waals surface area contributed by atoms with Crippen LogP contribution < -0.4 is 11.1 Å². The summed E-state index contributed by atoms with van der Waals surface area (Å²) in [6.45, 7) is 1.89. The molecule has 0 bridgehead atoms. The van der Waals surface area contributed by atoms with E-state index in [4.69, 9.17) is 5.73 Å². The molecule has 25 heavy (non-hydrogen) atoms. The first-order valence-corrected chi connectivity index (χ1v) is 9.85. The molecule has 0 saturated carbocycles. The summed E-state index contributed by atoms with van der Waals surface area (Å²) >= 11 is 1.51. The van der Waals surface area contributed by atoms with Gasteiger partial charge < -0.3 is 11.1 Å². The lowest BCUT2D eigenvalue weighted by Crippen LogP contribution is -2.40. The third-order valence-corrected chi connectivity index (χ3v) is 6.30. The van der Waals surface area contributed by atoms with E-state index in [0.717, 1.165) is 9.18 Å². The van der Waals surface area contributed by atoms with Gasteiger partial charge in [-0.3, -0.25) is 9.59 Å². The Morgan fingerprint density at radius 1 is 1.20 bits per heavy atom. The molecule has 1 heterocycles. The Kier molecular flexibility index (Phi) is 6.29. The average Bonchev–Trinajstić information content (AvgIpc) is 3.11. The maximum absolute atomic E-state index is 12.6. The number of nitrogens with one attached hydrogen (secondary N) is 1. The molecule has 134 valence electrons. The van der Waals surface area contributed by atoms with E-state index in [0.29, 0.717) is 6.54 Å². The Balaban J connectivity index is 2.06. The summed E-state index contributed by atoms with van der Waals surface area (Å²) in [6, 6.07) is 9.08. The quantitative estimate of drug-likeness (QED) is 0.715. The van der Waals surface area contributed by atoms with Crippen LogP contribution in [0.5, 0.6) is 0 Å². The van der Waals surface area contributed by atoms with E-state index < -0.39 is 15.9 Å². The van der Waals surface area contributed by atoms with Crippen LogP contribution >= 0.6 is 11.3 Å². The van der Waals surface area contributed by atoms with Gasteiger partial charge in [0.2, 0.25) is 21.8 Å². The van der Waals surface area contributed by atoms with Crippen LogP contribution in [0, 0.1) is 0 Å². The maximum Gasteiger partial charge on any atom is 0.248 e. The lowest BCUT2D eigenvalue weighted by molar-refractivity contribution is -0.121. The number of amides is 2. The Labute approximate surface area is 150 Å². The SMILES string of the molecule is CCN(CC(=O)NCc1cccs1)S(=O)(=O)c1ccc(C(N)=O)cc1. The van der Waals surface area contributed by atoms with Crippen LogP contribution in [-0.4, -0.2) is 37.6 Å². The molecule has 3 N–H and O–H groups in total. The molecule has 0 unspecified atom stereocenters. The van der Waals surface area contributed by atoms with E-state index in [1.807, 2.05) is 17.5 Å². The fourth-order valence-electron chi connectivity index (χ4n) is 2.12. The van der Waals surface area contributed by atoms with Gasteiger partial charge >= 0.3 is 0 Å². The second kappa shape index (κ2) is 8.24. The van der Waals surface area contributed by atoms with Crippen molar-refractivity contribution in [3.05, 3.63) is 52.2 Å². The highest BCUT2D eigenvalue weighted by atomic mass is 32.2. The summed E-state index contributed by atoms with van der Waals surface area (Å²) in [5.74, 6) is -1.02. The van der Waals surface area contributed by atoms with Crippen molar-refractivity contribution in [3.63, 3.8) is 0 Å². The minimum absolute atomic E-state index is 0.00501. The van der Waals surface area contributed by atoms with Crippen molar-refractivity contribution < 1.29 is 18.0 Å². The number of benzene rings is 1. The predicted octanol–water partition coefficient (Wildman–Crippen LogP) is 1.17. The highest BCUT2D eigenvalue weighted by Crippen LogP contribution is 2.16. The summed E-state index contributed by atoms with van der Waals surface area (Å²) in [4.78, 5) is 24.1. The molecule has 2 aromatic rings. The number of likely N-dealkylation sites (N-methyl/N-ethyl adjacent to an activating group) is 1. The number of hydrogen-bond acceptors (Lipinski definition) is 5. The van der Waals surface area contributed by atoms with Gasteiger partial charge in [0.25, 0.3) is 0 Å². The van der Waals surface area contributed by atoms with Gasteiger partial charge in [-0.2, -0.15) is 4.31 Å². The minimum Gasteiger partial charge on any atom is -0.366 e. The van der Waals surface area contributed by atoms with E-state index >= 15 is 0 Å². The van der Waals surface area contributed by atoms with Crippen molar-refractivity contribution in [2.75, 3.05) is 13.1 Å². The molecule has 0 saturated heterocycles. The van der Waals surface area contributed by atoms with Gasteiger partial charge in [-0.15, -0.1) is 11.3 Å². The third kappa shape index (κ3) is 4.88. The van der Waals surface area contributed by atoms with E-state index in [1.165, 1.54) is 35.6 Å². The van der Waals surface area contributed by atoms with Gasteiger partial charge in [-0.1, -0.05) is 13.0 Å². The number of rotatable bonds is 8. The minimum atomic E-state index is -3.84. The number of nitrogens with zero attached hydrogens (tertiary/aromatic N) is 1. The highest BCUT2D eigenvalue weighted by Gasteiger charge is 2.25. The highest BCUT2D eigenvalue weighted by molar-refractivity contribution is 7.89. The van der Waals surface area contributed by atoms with E-state index in [9.17, 15) is 18.0 Å². The number of hydrogen-bond donors (Lipinski definition) is 2. The smallest absolute Gasteiger partial charge is 0.248 e. The fourth-order valence-corrected chi connectivity index (χ4v) is 4.17. The lowest BCUT2D eigenvalue weighted by Gasteiger charge is -2.20. The van der Waals surface area contributed by atoms with Crippen LogP contribution in [0.2, 0.25) is 0 Å². The van der Waals surface area contributed by atoms with E-state index in [-0.39, 0.29) is 29.5 Å². The van der Waals surface area contributed by atoms with Crippen molar-refractivity contribution in [1.29, 1.82) is 0 Å². The summed E-state index contributed by atoms with van der Waals surface area (Å²) in [7, 11) is -3.84. The average molecular weight is 381 g/mol. The van der Waals surface area contributed by atoms with Gasteiger partial charge in [-0.05, 0) is 35.7 Å². The van der Waals surface area contributed by atoms with Crippen LogP contribution in [-0.2, 0) is 21.4 Å². The summed E-state index contributed by atoms with van der Waals surface area (Å²) in [6.07, 6.45) is 0. The Bertz CT molecular complexity index is 831. The van der Waals surface area contributed by atoms with Crippen molar-refractivity contribution in [2.24, 2.45) is 5.73 Å². The number of sulfonamides is 1. The van der Waals surface area contributed by atoms with E-state index in [2.05, 4.69) is 5.32 Å². The normalized spacial score (nSPS) is 11.4. The summed E-state index contributed by atoms with van der Waals surface area (Å²) in [5.41, 5.74) is 5.37. The Morgan fingerprint density at radius 2 is 1.88 bits per heavy atom. The van der Waals surface area contributed by atoms with Crippen LogP contribution in [0.3, 0.4) is 0 Å². The molecule has 7 nitrogen and oxygen atoms in total. The van der Waals surface area contributed by atoms with Gasteiger partial charge in [0.1, 0.15) is 0 Å².